The Balaban J connectivity index is 1.40. The monoisotopic (exact) mass is 461 g/mol. The predicted octanol–water partition coefficient (Wildman–Crippen LogP) is 3.75. The lowest BCUT2D eigenvalue weighted by Gasteiger charge is -2.33. The Morgan fingerprint density at radius 1 is 1.00 bits per heavy atom. The van der Waals surface area contributed by atoms with Crippen molar-refractivity contribution in [1.82, 2.24) is 14.2 Å². The van der Waals surface area contributed by atoms with Crippen LogP contribution in [0.4, 0.5) is 0 Å². The summed E-state index contributed by atoms with van der Waals surface area (Å²) in [6.45, 7) is 1.28. The molecular formula is C21H20ClN3O3S2. The summed E-state index contributed by atoms with van der Waals surface area (Å²) >= 11 is 7.51. The van der Waals surface area contributed by atoms with E-state index in [-0.39, 0.29) is 24.7 Å². The third-order valence-corrected chi connectivity index (χ3v) is 8.13. The molecule has 0 aliphatic carbocycles. The average Bonchev–Trinajstić information content (AvgIpc) is 3.24. The number of hydrogen-bond donors (Lipinski definition) is 0. The molecule has 156 valence electrons. The lowest BCUT2D eigenvalue weighted by molar-refractivity contribution is 0.0702. The number of carbonyl (C=O) groups excluding carboxylic acids is 1. The first-order chi connectivity index (χ1) is 14.4. The van der Waals surface area contributed by atoms with Crippen LogP contribution in [0.3, 0.4) is 0 Å². The van der Waals surface area contributed by atoms with Crippen LogP contribution in [-0.4, -0.2) is 54.7 Å². The van der Waals surface area contributed by atoms with Gasteiger partial charge >= 0.3 is 0 Å². The van der Waals surface area contributed by atoms with E-state index in [2.05, 4.69) is 4.98 Å². The second kappa shape index (κ2) is 8.85. The Kier molecular flexibility index (Phi) is 6.19. The van der Waals surface area contributed by atoms with Gasteiger partial charge in [-0.05, 0) is 11.6 Å². The van der Waals surface area contributed by atoms with Gasteiger partial charge in [-0.15, -0.1) is 11.3 Å². The molecule has 30 heavy (non-hydrogen) atoms. The topological polar surface area (TPSA) is 70.6 Å². The van der Waals surface area contributed by atoms with Crippen molar-refractivity contribution in [2.45, 2.75) is 5.75 Å². The van der Waals surface area contributed by atoms with E-state index in [1.54, 1.807) is 29.3 Å². The van der Waals surface area contributed by atoms with Crippen molar-refractivity contribution < 1.29 is 13.2 Å². The quantitative estimate of drug-likeness (QED) is 0.580. The minimum absolute atomic E-state index is 0.0299. The third kappa shape index (κ3) is 4.57. The van der Waals surface area contributed by atoms with Crippen molar-refractivity contribution >= 4 is 38.9 Å². The Morgan fingerprint density at radius 2 is 1.67 bits per heavy atom. The van der Waals surface area contributed by atoms with E-state index in [1.165, 1.54) is 15.6 Å². The van der Waals surface area contributed by atoms with Gasteiger partial charge in [0.2, 0.25) is 10.0 Å². The molecule has 2 heterocycles. The van der Waals surface area contributed by atoms with Gasteiger partial charge in [-0.3, -0.25) is 4.79 Å². The summed E-state index contributed by atoms with van der Waals surface area (Å²) in [6, 6.07) is 16.5. The number of hydrogen-bond acceptors (Lipinski definition) is 5. The number of rotatable bonds is 5. The van der Waals surface area contributed by atoms with Crippen molar-refractivity contribution in [2.24, 2.45) is 0 Å². The van der Waals surface area contributed by atoms with E-state index in [1.807, 2.05) is 36.4 Å². The standard InChI is InChI=1S/C21H20ClN3O3S2/c22-18-9-5-4-8-17(18)20-23-14-19(29-20)21(26)24-10-12-25(13-11-24)30(27,28)15-16-6-2-1-3-7-16/h1-9,14H,10-13,15H2. The van der Waals surface area contributed by atoms with Crippen molar-refractivity contribution in [3.63, 3.8) is 0 Å². The summed E-state index contributed by atoms with van der Waals surface area (Å²) in [4.78, 5) is 19.4. The van der Waals surface area contributed by atoms with Crippen LogP contribution < -0.4 is 0 Å². The molecule has 1 aromatic heterocycles. The maximum Gasteiger partial charge on any atom is 0.265 e. The summed E-state index contributed by atoms with van der Waals surface area (Å²) in [5, 5.41) is 1.27. The maximum atomic E-state index is 12.9. The minimum Gasteiger partial charge on any atom is -0.335 e. The zero-order valence-electron chi connectivity index (χ0n) is 16.1. The normalized spacial score (nSPS) is 15.3. The van der Waals surface area contributed by atoms with E-state index < -0.39 is 10.0 Å². The first kappa shape index (κ1) is 21.0. The smallest absolute Gasteiger partial charge is 0.265 e. The van der Waals surface area contributed by atoms with Crippen LogP contribution in [0.2, 0.25) is 5.02 Å². The Bertz CT molecular complexity index is 1140. The van der Waals surface area contributed by atoms with Gasteiger partial charge < -0.3 is 4.90 Å². The number of sulfonamides is 1. The van der Waals surface area contributed by atoms with E-state index in [0.29, 0.717) is 28.0 Å². The fraction of sp³-hybridized carbons (Fsp3) is 0.238. The van der Waals surface area contributed by atoms with Gasteiger partial charge in [0.05, 0.1) is 17.0 Å². The zero-order chi connectivity index (χ0) is 21.1. The molecule has 1 amide bonds. The van der Waals surface area contributed by atoms with Crippen LogP contribution >= 0.6 is 22.9 Å². The highest BCUT2D eigenvalue weighted by atomic mass is 35.5. The number of piperazine rings is 1. The molecule has 1 saturated heterocycles. The Hall–Kier alpha value is -2.26. The molecule has 0 unspecified atom stereocenters. The van der Waals surface area contributed by atoms with Crippen LogP contribution in [0.25, 0.3) is 10.6 Å². The summed E-state index contributed by atoms with van der Waals surface area (Å²) in [6.07, 6.45) is 1.56. The number of halogens is 1. The highest BCUT2D eigenvalue weighted by Gasteiger charge is 2.30. The van der Waals surface area contributed by atoms with Gasteiger partial charge in [0.25, 0.3) is 5.91 Å². The molecule has 6 nitrogen and oxygen atoms in total. The molecule has 0 N–H and O–H groups in total. The molecule has 0 atom stereocenters. The molecule has 0 spiro atoms. The van der Waals surface area contributed by atoms with E-state index in [0.717, 1.165) is 11.1 Å². The summed E-state index contributed by atoms with van der Waals surface area (Å²) in [5.74, 6) is -0.163. The van der Waals surface area contributed by atoms with Gasteiger partial charge in [0.15, 0.2) is 0 Å². The first-order valence-electron chi connectivity index (χ1n) is 9.46. The number of carbonyl (C=O) groups is 1. The average molecular weight is 462 g/mol. The first-order valence-corrected chi connectivity index (χ1v) is 12.3. The number of benzene rings is 2. The molecule has 9 heteroatoms. The van der Waals surface area contributed by atoms with Crippen molar-refractivity contribution in [1.29, 1.82) is 0 Å². The fourth-order valence-corrected chi connectivity index (χ4v) is 6.05. The molecule has 3 aromatic rings. The van der Waals surface area contributed by atoms with Gasteiger partial charge in [0, 0.05) is 31.7 Å². The maximum absolute atomic E-state index is 12.9. The zero-order valence-corrected chi connectivity index (χ0v) is 18.5. The number of thiazole rings is 1. The van der Waals surface area contributed by atoms with Gasteiger partial charge in [0.1, 0.15) is 9.88 Å². The molecule has 0 radical (unpaired) electrons. The lowest BCUT2D eigenvalue weighted by atomic mass is 10.2. The van der Waals surface area contributed by atoms with Crippen LogP contribution in [0.5, 0.6) is 0 Å². The van der Waals surface area contributed by atoms with Crippen LogP contribution in [0, 0.1) is 0 Å². The van der Waals surface area contributed by atoms with Gasteiger partial charge in [-0.25, -0.2) is 13.4 Å². The second-order valence-corrected chi connectivity index (χ2v) is 10.3. The molecule has 4 rings (SSSR count). The Labute approximate surface area is 184 Å². The van der Waals surface area contributed by atoms with Crippen molar-refractivity contribution in [3.8, 4) is 10.6 Å². The molecule has 1 aliphatic rings. The van der Waals surface area contributed by atoms with Gasteiger partial charge in [-0.1, -0.05) is 60.1 Å². The van der Waals surface area contributed by atoms with E-state index >= 15 is 0 Å². The number of nitrogens with zero attached hydrogens (tertiary/aromatic N) is 3. The SMILES string of the molecule is O=C(c1cnc(-c2ccccc2Cl)s1)N1CCN(S(=O)(=O)Cc2ccccc2)CC1. The molecule has 1 aliphatic heterocycles. The summed E-state index contributed by atoms with van der Waals surface area (Å²) < 4.78 is 26.9. The van der Waals surface area contributed by atoms with E-state index in [4.69, 9.17) is 11.6 Å². The largest absolute Gasteiger partial charge is 0.335 e. The molecule has 2 aromatic carbocycles. The van der Waals surface area contributed by atoms with Crippen molar-refractivity contribution in [2.75, 3.05) is 26.2 Å². The van der Waals surface area contributed by atoms with E-state index in [9.17, 15) is 13.2 Å². The van der Waals surface area contributed by atoms with Crippen LogP contribution in [-0.2, 0) is 15.8 Å². The van der Waals surface area contributed by atoms with Crippen LogP contribution in [0.15, 0.2) is 60.8 Å². The number of amides is 1. The van der Waals surface area contributed by atoms with Crippen LogP contribution in [0.1, 0.15) is 15.2 Å². The summed E-state index contributed by atoms with van der Waals surface area (Å²) in [7, 11) is -3.42. The van der Waals surface area contributed by atoms with Gasteiger partial charge in [-0.2, -0.15) is 4.31 Å². The Morgan fingerprint density at radius 3 is 2.37 bits per heavy atom. The minimum atomic E-state index is -3.42. The highest BCUT2D eigenvalue weighted by Crippen LogP contribution is 2.31. The van der Waals surface area contributed by atoms with Crippen molar-refractivity contribution in [3.05, 3.63) is 76.3 Å². The third-order valence-electron chi connectivity index (χ3n) is 4.93. The second-order valence-electron chi connectivity index (χ2n) is 6.94. The fourth-order valence-electron chi connectivity index (χ4n) is 3.33. The molecule has 0 saturated carbocycles. The molecular weight excluding hydrogens is 442 g/mol. The predicted molar refractivity (Wildman–Crippen MR) is 119 cm³/mol. The lowest BCUT2D eigenvalue weighted by Crippen LogP contribution is -2.50. The molecule has 0 bridgehead atoms. The number of aromatic nitrogens is 1. The summed E-state index contributed by atoms with van der Waals surface area (Å²) in [5.41, 5.74) is 1.55. The highest BCUT2D eigenvalue weighted by molar-refractivity contribution is 7.88. The molecule has 1 fully saturated rings.